The maximum atomic E-state index is 10.9. The molecule has 0 bridgehead atoms. The Bertz CT molecular complexity index is 233. The summed E-state index contributed by atoms with van der Waals surface area (Å²) in [6, 6.07) is 0. The van der Waals surface area contributed by atoms with Crippen molar-refractivity contribution in [2.24, 2.45) is 0 Å². The summed E-state index contributed by atoms with van der Waals surface area (Å²) in [5.41, 5.74) is 0. The third-order valence-electron chi connectivity index (χ3n) is 1.52. The zero-order chi connectivity index (χ0) is 11.1. The molecule has 0 radical (unpaired) electrons. The van der Waals surface area contributed by atoms with Gasteiger partial charge >= 0.3 is 11.9 Å². The van der Waals surface area contributed by atoms with Gasteiger partial charge in [0.05, 0.1) is 0 Å². The molecular formula is C9H14O5. The second-order valence-corrected chi connectivity index (χ2v) is 2.76. The molecular weight excluding hydrogens is 188 g/mol. The van der Waals surface area contributed by atoms with E-state index < -0.39 is 24.6 Å². The Morgan fingerprint density at radius 1 is 1.21 bits per heavy atom. The molecule has 0 spiro atoms. The van der Waals surface area contributed by atoms with Crippen LogP contribution in [0.3, 0.4) is 0 Å². The molecule has 0 aromatic heterocycles. The van der Waals surface area contributed by atoms with Gasteiger partial charge in [-0.2, -0.15) is 0 Å². The molecule has 0 aromatic carbocycles. The number of esters is 2. The van der Waals surface area contributed by atoms with E-state index in [4.69, 9.17) is 0 Å². The van der Waals surface area contributed by atoms with Crippen molar-refractivity contribution in [2.75, 3.05) is 6.61 Å². The average Bonchev–Trinajstić information content (AvgIpc) is 2.13. The lowest BCUT2D eigenvalue weighted by Crippen LogP contribution is -2.25. The van der Waals surface area contributed by atoms with Crippen molar-refractivity contribution in [3.63, 3.8) is 0 Å². The molecule has 5 nitrogen and oxygen atoms in total. The maximum Gasteiger partial charge on any atom is 0.344 e. The van der Waals surface area contributed by atoms with Gasteiger partial charge in [-0.25, -0.2) is 4.79 Å². The Morgan fingerprint density at radius 3 is 2.21 bits per heavy atom. The van der Waals surface area contributed by atoms with Crippen molar-refractivity contribution < 1.29 is 23.9 Å². The monoisotopic (exact) mass is 202 g/mol. The second-order valence-electron chi connectivity index (χ2n) is 2.76. The fraction of sp³-hybridized carbons (Fsp3) is 0.667. The molecule has 1 atom stereocenters. The highest BCUT2D eigenvalue weighted by Crippen LogP contribution is 1.94. The fourth-order valence-electron chi connectivity index (χ4n) is 0.556. The van der Waals surface area contributed by atoms with Crippen molar-refractivity contribution in [3.05, 3.63) is 0 Å². The molecule has 0 rings (SSSR count). The van der Waals surface area contributed by atoms with E-state index >= 15 is 0 Å². The van der Waals surface area contributed by atoms with Gasteiger partial charge in [-0.15, -0.1) is 0 Å². The van der Waals surface area contributed by atoms with Crippen molar-refractivity contribution >= 4 is 17.7 Å². The summed E-state index contributed by atoms with van der Waals surface area (Å²) in [6.07, 6.45) is -0.585. The van der Waals surface area contributed by atoms with Crippen LogP contribution >= 0.6 is 0 Å². The number of hydrogen-bond donors (Lipinski definition) is 0. The van der Waals surface area contributed by atoms with Gasteiger partial charge in [0.1, 0.15) is 0 Å². The normalized spacial score (nSPS) is 11.6. The zero-order valence-corrected chi connectivity index (χ0v) is 8.53. The molecule has 0 amide bonds. The Morgan fingerprint density at radius 2 is 1.79 bits per heavy atom. The van der Waals surface area contributed by atoms with Gasteiger partial charge in [-0.1, -0.05) is 6.92 Å². The van der Waals surface area contributed by atoms with Gasteiger partial charge in [-0.3, -0.25) is 9.59 Å². The van der Waals surface area contributed by atoms with Crippen molar-refractivity contribution in [3.8, 4) is 0 Å². The Kier molecular flexibility index (Phi) is 5.52. The molecule has 0 N–H and O–H groups in total. The van der Waals surface area contributed by atoms with Crippen LogP contribution in [0.15, 0.2) is 0 Å². The Labute approximate surface area is 82.4 Å². The summed E-state index contributed by atoms with van der Waals surface area (Å²) in [5, 5.41) is 0. The minimum absolute atomic E-state index is 0.204. The first-order valence-electron chi connectivity index (χ1n) is 4.33. The molecule has 0 fully saturated rings. The van der Waals surface area contributed by atoms with E-state index in [-0.39, 0.29) is 12.2 Å². The second kappa shape index (κ2) is 6.12. The van der Waals surface area contributed by atoms with Gasteiger partial charge in [0.2, 0.25) is 0 Å². The summed E-state index contributed by atoms with van der Waals surface area (Å²) in [4.78, 5) is 32.3. The summed E-state index contributed by atoms with van der Waals surface area (Å²) >= 11 is 0. The third kappa shape index (κ3) is 5.29. The zero-order valence-electron chi connectivity index (χ0n) is 8.53. The van der Waals surface area contributed by atoms with Gasteiger partial charge in [-0.05, 0) is 13.8 Å². The van der Waals surface area contributed by atoms with Gasteiger partial charge in [0.25, 0.3) is 0 Å². The van der Waals surface area contributed by atoms with E-state index in [1.54, 1.807) is 6.92 Å². The summed E-state index contributed by atoms with van der Waals surface area (Å²) < 4.78 is 9.15. The number of ether oxygens (including phenoxy) is 2. The van der Waals surface area contributed by atoms with Crippen LogP contribution in [0, 0.1) is 0 Å². The van der Waals surface area contributed by atoms with Crippen LogP contribution in [-0.4, -0.2) is 30.4 Å². The molecule has 0 saturated carbocycles. The van der Waals surface area contributed by atoms with E-state index in [1.165, 1.54) is 13.8 Å². The molecule has 0 aromatic rings. The van der Waals surface area contributed by atoms with Crippen LogP contribution in [-0.2, 0) is 23.9 Å². The number of ketones is 1. The van der Waals surface area contributed by atoms with E-state index in [1.807, 2.05) is 0 Å². The number of rotatable bonds is 5. The molecule has 0 aliphatic rings. The van der Waals surface area contributed by atoms with Gasteiger partial charge < -0.3 is 9.47 Å². The lowest BCUT2D eigenvalue weighted by molar-refractivity contribution is -0.163. The van der Waals surface area contributed by atoms with Crippen LogP contribution in [0.5, 0.6) is 0 Å². The molecule has 0 heterocycles. The Balaban J connectivity index is 3.76. The van der Waals surface area contributed by atoms with Crippen LogP contribution in [0.25, 0.3) is 0 Å². The minimum Gasteiger partial charge on any atom is -0.454 e. The van der Waals surface area contributed by atoms with E-state index in [2.05, 4.69) is 9.47 Å². The van der Waals surface area contributed by atoms with Crippen molar-refractivity contribution in [1.29, 1.82) is 0 Å². The number of Topliss-reactive ketones (excluding diaryl/α,β-unsaturated/α-hetero) is 1. The molecule has 80 valence electrons. The number of carbonyl (C=O) groups excluding carboxylic acids is 3. The van der Waals surface area contributed by atoms with Crippen molar-refractivity contribution in [2.45, 2.75) is 33.3 Å². The largest absolute Gasteiger partial charge is 0.454 e. The SMILES string of the molecule is CCC(=O)OCC(=O)OC(C)C(C)=O. The predicted molar refractivity (Wildman–Crippen MR) is 47.5 cm³/mol. The average molecular weight is 202 g/mol. The highest BCUT2D eigenvalue weighted by Gasteiger charge is 2.14. The highest BCUT2D eigenvalue weighted by atomic mass is 16.6. The first kappa shape index (κ1) is 12.6. The number of hydrogen-bond acceptors (Lipinski definition) is 5. The molecule has 0 saturated heterocycles. The van der Waals surface area contributed by atoms with Crippen LogP contribution < -0.4 is 0 Å². The smallest absolute Gasteiger partial charge is 0.344 e. The van der Waals surface area contributed by atoms with E-state index in [0.29, 0.717) is 0 Å². The molecule has 1 unspecified atom stereocenters. The van der Waals surface area contributed by atoms with Crippen LogP contribution in [0.2, 0.25) is 0 Å². The lowest BCUT2D eigenvalue weighted by atomic mass is 10.3. The highest BCUT2D eigenvalue weighted by molar-refractivity contribution is 5.83. The standard InChI is InChI=1S/C9H14O5/c1-4-8(11)13-5-9(12)14-7(3)6(2)10/h7H,4-5H2,1-3H3. The predicted octanol–water partition coefficient (Wildman–Crippen LogP) is 0.460. The van der Waals surface area contributed by atoms with Crippen molar-refractivity contribution in [1.82, 2.24) is 0 Å². The Hall–Kier alpha value is -1.39. The molecule has 14 heavy (non-hydrogen) atoms. The van der Waals surface area contributed by atoms with Gasteiger partial charge in [0, 0.05) is 6.42 Å². The third-order valence-corrected chi connectivity index (χ3v) is 1.52. The first-order valence-corrected chi connectivity index (χ1v) is 4.33. The molecule has 0 aliphatic carbocycles. The summed E-state index contributed by atoms with van der Waals surface area (Å²) in [7, 11) is 0. The van der Waals surface area contributed by atoms with Gasteiger partial charge in [0.15, 0.2) is 18.5 Å². The molecule has 0 aliphatic heterocycles. The summed E-state index contributed by atoms with van der Waals surface area (Å²) in [6.45, 7) is 3.95. The van der Waals surface area contributed by atoms with Crippen LogP contribution in [0.4, 0.5) is 0 Å². The quantitative estimate of drug-likeness (QED) is 0.606. The summed E-state index contributed by atoms with van der Waals surface area (Å²) in [5.74, 6) is -1.44. The van der Waals surface area contributed by atoms with E-state index in [9.17, 15) is 14.4 Å². The number of carbonyl (C=O) groups is 3. The van der Waals surface area contributed by atoms with Crippen LogP contribution in [0.1, 0.15) is 27.2 Å². The first-order chi connectivity index (χ1) is 6.47. The topological polar surface area (TPSA) is 69.7 Å². The van der Waals surface area contributed by atoms with E-state index in [0.717, 1.165) is 0 Å². The lowest BCUT2D eigenvalue weighted by Gasteiger charge is -2.09. The maximum absolute atomic E-state index is 10.9. The minimum atomic E-state index is -0.789. The molecule has 5 heteroatoms. The fourth-order valence-corrected chi connectivity index (χ4v) is 0.556.